The predicted octanol–water partition coefficient (Wildman–Crippen LogP) is 3.50. The van der Waals surface area contributed by atoms with Crippen LogP contribution in [0.5, 0.6) is 5.75 Å². The second kappa shape index (κ2) is 6.50. The number of rotatable bonds is 4. The lowest BCUT2D eigenvalue weighted by atomic mass is 9.89. The molecule has 2 aliphatic heterocycles. The first-order valence-electron chi connectivity index (χ1n) is 8.70. The third kappa shape index (κ3) is 3.22. The summed E-state index contributed by atoms with van der Waals surface area (Å²) in [6.45, 7) is 4.35. The maximum absolute atomic E-state index is 5.36. The van der Waals surface area contributed by atoms with Crippen LogP contribution >= 0.6 is 0 Å². The lowest BCUT2D eigenvalue weighted by Gasteiger charge is -2.42. The quantitative estimate of drug-likeness (QED) is 0.862. The summed E-state index contributed by atoms with van der Waals surface area (Å²) in [7, 11) is 1.72. The molecule has 1 unspecified atom stereocenters. The minimum absolute atomic E-state index is 0.682. The van der Waals surface area contributed by atoms with Gasteiger partial charge in [0.2, 0.25) is 0 Å². The Kier molecular flexibility index (Phi) is 4.23. The van der Waals surface area contributed by atoms with Crippen LogP contribution in [0, 0.1) is 5.92 Å². The van der Waals surface area contributed by atoms with E-state index in [1.165, 1.54) is 48.7 Å². The van der Waals surface area contributed by atoms with E-state index in [9.17, 15) is 0 Å². The molecule has 0 amide bonds. The fourth-order valence-corrected chi connectivity index (χ4v) is 3.89. The van der Waals surface area contributed by atoms with E-state index in [1.807, 2.05) is 6.07 Å². The van der Waals surface area contributed by atoms with Gasteiger partial charge in [-0.3, -0.25) is 4.90 Å². The number of methoxy groups -OCH3 is 1. The predicted molar refractivity (Wildman–Crippen MR) is 93.1 cm³/mol. The van der Waals surface area contributed by atoms with Crippen LogP contribution in [0.3, 0.4) is 0 Å². The van der Waals surface area contributed by atoms with Gasteiger partial charge in [-0.05, 0) is 60.2 Å². The van der Waals surface area contributed by atoms with Gasteiger partial charge in [0.25, 0.3) is 0 Å². The lowest BCUT2D eigenvalue weighted by molar-refractivity contribution is -0.0761. The number of ether oxygens (including phenoxy) is 2. The molecule has 122 valence electrons. The third-order valence-corrected chi connectivity index (χ3v) is 5.32. The van der Waals surface area contributed by atoms with Crippen molar-refractivity contribution in [3.8, 4) is 5.75 Å². The smallest absolute Gasteiger partial charge is 0.119 e. The van der Waals surface area contributed by atoms with Gasteiger partial charge < -0.3 is 9.47 Å². The van der Waals surface area contributed by atoms with Crippen molar-refractivity contribution < 1.29 is 9.47 Å². The van der Waals surface area contributed by atoms with E-state index < -0.39 is 0 Å². The van der Waals surface area contributed by atoms with Crippen LogP contribution in [0.2, 0.25) is 0 Å². The molecule has 2 saturated heterocycles. The fraction of sp³-hybridized carbons (Fsp3) is 0.500. The fourth-order valence-electron chi connectivity index (χ4n) is 3.89. The highest BCUT2D eigenvalue weighted by Gasteiger charge is 2.30. The number of piperidine rings is 1. The monoisotopic (exact) mass is 311 g/mol. The van der Waals surface area contributed by atoms with Gasteiger partial charge >= 0.3 is 0 Å². The van der Waals surface area contributed by atoms with Crippen LogP contribution in [-0.4, -0.2) is 44.4 Å². The Morgan fingerprint density at radius 3 is 2.74 bits per heavy atom. The first kappa shape index (κ1) is 15.0. The third-order valence-electron chi connectivity index (χ3n) is 5.32. The summed E-state index contributed by atoms with van der Waals surface area (Å²) in [5.41, 5.74) is 1.46. The SMILES string of the molecule is COc1ccc2cc(CC3CCCN(C4COC4)C3)ccc2c1. The second-order valence-electron chi connectivity index (χ2n) is 6.95. The molecule has 2 aromatic carbocycles. The van der Waals surface area contributed by atoms with Crippen LogP contribution in [0.1, 0.15) is 18.4 Å². The van der Waals surface area contributed by atoms with Crippen molar-refractivity contribution in [3.63, 3.8) is 0 Å². The van der Waals surface area contributed by atoms with Crippen molar-refractivity contribution in [1.82, 2.24) is 4.90 Å². The molecular weight excluding hydrogens is 286 g/mol. The zero-order valence-corrected chi connectivity index (χ0v) is 13.8. The van der Waals surface area contributed by atoms with Crippen molar-refractivity contribution in [2.24, 2.45) is 5.92 Å². The molecule has 3 nitrogen and oxygen atoms in total. The summed E-state index contributed by atoms with van der Waals surface area (Å²) >= 11 is 0. The maximum Gasteiger partial charge on any atom is 0.119 e. The Morgan fingerprint density at radius 1 is 1.13 bits per heavy atom. The van der Waals surface area contributed by atoms with E-state index in [2.05, 4.69) is 35.2 Å². The Hall–Kier alpha value is -1.58. The van der Waals surface area contributed by atoms with Crippen molar-refractivity contribution in [1.29, 1.82) is 0 Å². The average Bonchev–Trinajstić information content (AvgIpc) is 2.53. The number of likely N-dealkylation sites (tertiary alicyclic amines) is 1. The Balaban J connectivity index is 1.46. The second-order valence-corrected chi connectivity index (χ2v) is 6.95. The molecule has 2 fully saturated rings. The molecule has 4 rings (SSSR count). The maximum atomic E-state index is 5.36. The molecule has 0 aliphatic carbocycles. The van der Waals surface area contributed by atoms with Gasteiger partial charge in [0, 0.05) is 6.54 Å². The standard InChI is InChI=1S/C20H25NO2/c1-22-20-7-6-17-10-15(4-5-18(17)11-20)9-16-3-2-8-21(12-16)19-13-23-14-19/h4-7,10-11,16,19H,2-3,8-9,12-14H2,1H3. The lowest BCUT2D eigenvalue weighted by Crippen LogP contribution is -2.52. The van der Waals surface area contributed by atoms with Crippen molar-refractivity contribution in [3.05, 3.63) is 42.0 Å². The number of hydrogen-bond donors (Lipinski definition) is 0. The van der Waals surface area contributed by atoms with E-state index in [-0.39, 0.29) is 0 Å². The largest absolute Gasteiger partial charge is 0.497 e. The zero-order chi connectivity index (χ0) is 15.6. The highest BCUT2D eigenvalue weighted by molar-refractivity contribution is 5.84. The summed E-state index contributed by atoms with van der Waals surface area (Å²) in [6.07, 6.45) is 3.86. The van der Waals surface area contributed by atoms with Crippen LogP contribution in [0.15, 0.2) is 36.4 Å². The van der Waals surface area contributed by atoms with Gasteiger partial charge in [0.1, 0.15) is 5.75 Å². The molecule has 2 aliphatic rings. The summed E-state index contributed by atoms with van der Waals surface area (Å²) in [4.78, 5) is 2.64. The van der Waals surface area contributed by atoms with Gasteiger partial charge in [0.15, 0.2) is 0 Å². The molecule has 2 heterocycles. The molecule has 0 saturated carbocycles. The molecule has 1 atom stereocenters. The van der Waals surface area contributed by atoms with E-state index in [0.717, 1.165) is 24.9 Å². The molecule has 2 aromatic rings. The van der Waals surface area contributed by atoms with Crippen molar-refractivity contribution in [2.45, 2.75) is 25.3 Å². The number of benzene rings is 2. The topological polar surface area (TPSA) is 21.7 Å². The minimum Gasteiger partial charge on any atom is -0.497 e. The molecule has 3 heteroatoms. The summed E-state index contributed by atoms with van der Waals surface area (Å²) in [6, 6.07) is 13.9. The van der Waals surface area contributed by atoms with Gasteiger partial charge in [-0.1, -0.05) is 24.3 Å². The van der Waals surface area contributed by atoms with Crippen molar-refractivity contribution >= 4 is 10.8 Å². The molecule has 0 radical (unpaired) electrons. The Morgan fingerprint density at radius 2 is 1.96 bits per heavy atom. The number of nitrogens with zero attached hydrogens (tertiary/aromatic N) is 1. The number of hydrogen-bond acceptors (Lipinski definition) is 3. The van der Waals surface area contributed by atoms with Crippen LogP contribution in [-0.2, 0) is 11.2 Å². The Bertz CT molecular complexity index is 680. The first-order valence-corrected chi connectivity index (χ1v) is 8.70. The van der Waals surface area contributed by atoms with Gasteiger partial charge in [-0.2, -0.15) is 0 Å². The molecule has 0 bridgehead atoms. The summed E-state index contributed by atoms with van der Waals surface area (Å²) in [5.74, 6) is 1.70. The zero-order valence-electron chi connectivity index (χ0n) is 13.8. The van der Waals surface area contributed by atoms with Gasteiger partial charge in [-0.25, -0.2) is 0 Å². The summed E-state index contributed by atoms with van der Waals surface area (Å²) in [5, 5.41) is 2.56. The van der Waals surface area contributed by atoms with E-state index >= 15 is 0 Å². The molecule has 0 N–H and O–H groups in total. The molecular formula is C20H25NO2. The summed E-state index contributed by atoms with van der Waals surface area (Å²) < 4.78 is 10.7. The van der Waals surface area contributed by atoms with Gasteiger partial charge in [-0.15, -0.1) is 0 Å². The van der Waals surface area contributed by atoms with Crippen LogP contribution in [0.25, 0.3) is 10.8 Å². The van der Waals surface area contributed by atoms with E-state index in [0.29, 0.717) is 6.04 Å². The molecule has 23 heavy (non-hydrogen) atoms. The highest BCUT2D eigenvalue weighted by atomic mass is 16.5. The van der Waals surface area contributed by atoms with Gasteiger partial charge in [0.05, 0.1) is 26.4 Å². The minimum atomic E-state index is 0.682. The Labute approximate surface area is 138 Å². The first-order chi connectivity index (χ1) is 11.3. The van der Waals surface area contributed by atoms with Crippen LogP contribution < -0.4 is 4.74 Å². The van der Waals surface area contributed by atoms with E-state index in [1.54, 1.807) is 7.11 Å². The van der Waals surface area contributed by atoms with Crippen molar-refractivity contribution in [2.75, 3.05) is 33.4 Å². The molecule has 0 aromatic heterocycles. The van der Waals surface area contributed by atoms with E-state index in [4.69, 9.17) is 9.47 Å². The molecule has 0 spiro atoms. The highest BCUT2D eigenvalue weighted by Crippen LogP contribution is 2.27. The normalized spacial score (nSPS) is 22.9. The average molecular weight is 311 g/mol. The van der Waals surface area contributed by atoms with Crippen LogP contribution in [0.4, 0.5) is 0 Å². The number of fused-ring (bicyclic) bond motifs is 1.